The minimum atomic E-state index is -1.42. The Morgan fingerprint density at radius 1 is 0.837 bits per heavy atom. The van der Waals surface area contributed by atoms with Crippen LogP contribution in [0.25, 0.3) is 0 Å². The number of nitrogens with zero attached hydrogens (tertiary/aromatic N) is 1. The molecule has 0 radical (unpaired) electrons. The van der Waals surface area contributed by atoms with Gasteiger partial charge in [0, 0.05) is 13.0 Å². The number of amides is 6. The fourth-order valence-corrected chi connectivity index (χ4v) is 5.25. The van der Waals surface area contributed by atoms with Gasteiger partial charge in [0.2, 0.25) is 35.4 Å². The van der Waals surface area contributed by atoms with Gasteiger partial charge in [0.25, 0.3) is 0 Å². The molecule has 6 N–H and O–H groups in total. The molecule has 236 valence electrons. The van der Waals surface area contributed by atoms with E-state index in [0.29, 0.717) is 25.8 Å². The summed E-state index contributed by atoms with van der Waals surface area (Å²) in [5.41, 5.74) is 0.727. The van der Waals surface area contributed by atoms with Crippen molar-refractivity contribution in [2.24, 2.45) is 11.8 Å². The molecule has 1 aromatic rings. The fraction of sp³-hybridized carbons (Fsp3) is 0.600. The van der Waals surface area contributed by atoms with Crippen LogP contribution in [0.4, 0.5) is 0 Å². The molecule has 2 saturated heterocycles. The summed E-state index contributed by atoms with van der Waals surface area (Å²) in [7, 11) is 0. The van der Waals surface area contributed by atoms with Gasteiger partial charge in [0.1, 0.15) is 30.2 Å². The molecule has 0 spiro atoms. The van der Waals surface area contributed by atoms with Crippen LogP contribution in [-0.2, 0) is 35.2 Å². The molecule has 2 fully saturated rings. The lowest BCUT2D eigenvalue weighted by atomic mass is 9.96. The maximum Gasteiger partial charge on any atom is 0.246 e. The van der Waals surface area contributed by atoms with Gasteiger partial charge in [0.05, 0.1) is 13.2 Å². The second kappa shape index (κ2) is 15.5. The number of fused-ring (bicyclic) bond motifs is 1. The molecule has 0 aromatic heterocycles. The van der Waals surface area contributed by atoms with Crippen molar-refractivity contribution in [3.8, 4) is 0 Å². The van der Waals surface area contributed by atoms with Crippen LogP contribution >= 0.6 is 0 Å². The van der Waals surface area contributed by atoms with Gasteiger partial charge >= 0.3 is 0 Å². The Labute approximate surface area is 251 Å². The van der Waals surface area contributed by atoms with E-state index in [-0.39, 0.29) is 18.3 Å². The molecule has 2 aliphatic rings. The minimum Gasteiger partial charge on any atom is -0.394 e. The molecule has 13 nitrogen and oxygen atoms in total. The number of hydrogen-bond donors (Lipinski definition) is 6. The van der Waals surface area contributed by atoms with Gasteiger partial charge in [-0.25, -0.2) is 0 Å². The van der Waals surface area contributed by atoms with E-state index >= 15 is 0 Å². The van der Waals surface area contributed by atoms with E-state index in [1.807, 2.05) is 6.92 Å². The maximum atomic E-state index is 13.7. The smallest absolute Gasteiger partial charge is 0.246 e. The van der Waals surface area contributed by atoms with Crippen molar-refractivity contribution in [3.63, 3.8) is 0 Å². The number of carbonyl (C=O) groups is 6. The van der Waals surface area contributed by atoms with Gasteiger partial charge in [-0.1, -0.05) is 64.4 Å². The SMILES string of the molecule is CC[C@H](C)[C@@H]1NC(=O)[C@H](CO)NC(=O)[C@H](Cc2ccccc2)NC(=O)[C@H](C(C)C)NC(=O)CNC(=O)[C@@H]2CCCN2C1=O. The van der Waals surface area contributed by atoms with E-state index in [1.165, 1.54) is 4.90 Å². The Kier molecular flexibility index (Phi) is 12.0. The lowest BCUT2D eigenvalue weighted by molar-refractivity contribution is -0.143. The lowest BCUT2D eigenvalue weighted by Crippen LogP contribution is -2.62. The van der Waals surface area contributed by atoms with Gasteiger partial charge in [-0.15, -0.1) is 0 Å². The summed E-state index contributed by atoms with van der Waals surface area (Å²) in [4.78, 5) is 81.3. The highest BCUT2D eigenvalue weighted by Crippen LogP contribution is 2.21. The molecule has 1 aromatic carbocycles. The van der Waals surface area contributed by atoms with Gasteiger partial charge in [-0.2, -0.15) is 0 Å². The molecule has 0 aliphatic carbocycles. The van der Waals surface area contributed by atoms with Crippen LogP contribution in [0.1, 0.15) is 52.5 Å². The van der Waals surface area contributed by atoms with Crippen molar-refractivity contribution in [1.29, 1.82) is 0 Å². The number of rotatable bonds is 6. The molecule has 6 atom stereocenters. The molecular weight excluding hydrogens is 556 g/mol. The van der Waals surface area contributed by atoms with Crippen molar-refractivity contribution in [2.45, 2.75) is 83.6 Å². The topological polar surface area (TPSA) is 186 Å². The summed E-state index contributed by atoms with van der Waals surface area (Å²) in [5, 5.41) is 23.2. The van der Waals surface area contributed by atoms with Crippen LogP contribution in [-0.4, -0.2) is 95.4 Å². The van der Waals surface area contributed by atoms with Crippen molar-refractivity contribution in [3.05, 3.63) is 35.9 Å². The third-order valence-corrected chi connectivity index (χ3v) is 8.04. The number of aliphatic hydroxyl groups is 1. The van der Waals surface area contributed by atoms with Crippen LogP contribution in [0.3, 0.4) is 0 Å². The molecule has 0 unspecified atom stereocenters. The highest BCUT2D eigenvalue weighted by molar-refractivity contribution is 5.98. The van der Waals surface area contributed by atoms with Crippen LogP contribution in [0, 0.1) is 11.8 Å². The maximum absolute atomic E-state index is 13.7. The summed E-state index contributed by atoms with van der Waals surface area (Å²) < 4.78 is 0. The van der Waals surface area contributed by atoms with Crippen LogP contribution in [0.15, 0.2) is 30.3 Å². The summed E-state index contributed by atoms with van der Waals surface area (Å²) >= 11 is 0. The number of aliphatic hydroxyl groups excluding tert-OH is 1. The van der Waals surface area contributed by atoms with E-state index in [2.05, 4.69) is 26.6 Å². The normalized spacial score (nSPS) is 27.2. The molecule has 2 aliphatic heterocycles. The van der Waals surface area contributed by atoms with E-state index in [0.717, 1.165) is 5.56 Å². The third kappa shape index (κ3) is 8.76. The Hall–Kier alpha value is -4.00. The zero-order valence-corrected chi connectivity index (χ0v) is 25.2. The van der Waals surface area contributed by atoms with E-state index < -0.39 is 78.8 Å². The van der Waals surface area contributed by atoms with Gasteiger partial charge in [-0.3, -0.25) is 28.8 Å². The largest absolute Gasteiger partial charge is 0.394 e. The van der Waals surface area contributed by atoms with E-state index in [4.69, 9.17) is 0 Å². The predicted octanol–water partition coefficient (Wildman–Crippen LogP) is -1.02. The monoisotopic (exact) mass is 600 g/mol. The summed E-state index contributed by atoms with van der Waals surface area (Å²) in [6, 6.07) is 3.45. The zero-order chi connectivity index (χ0) is 31.7. The Morgan fingerprint density at radius 2 is 1.49 bits per heavy atom. The second-order valence-corrected chi connectivity index (χ2v) is 11.6. The molecule has 13 heteroatoms. The minimum absolute atomic E-state index is 0.0668. The van der Waals surface area contributed by atoms with Gasteiger partial charge < -0.3 is 36.6 Å². The molecule has 3 rings (SSSR count). The van der Waals surface area contributed by atoms with Crippen molar-refractivity contribution in [1.82, 2.24) is 31.5 Å². The van der Waals surface area contributed by atoms with E-state index in [1.54, 1.807) is 51.1 Å². The zero-order valence-electron chi connectivity index (χ0n) is 25.2. The average molecular weight is 601 g/mol. The van der Waals surface area contributed by atoms with Crippen LogP contribution in [0.5, 0.6) is 0 Å². The van der Waals surface area contributed by atoms with E-state index in [9.17, 15) is 33.9 Å². The van der Waals surface area contributed by atoms with Crippen LogP contribution < -0.4 is 26.6 Å². The van der Waals surface area contributed by atoms with Gasteiger partial charge in [0.15, 0.2) is 0 Å². The van der Waals surface area contributed by atoms with Crippen molar-refractivity contribution < 1.29 is 33.9 Å². The van der Waals surface area contributed by atoms with Crippen LogP contribution in [0.2, 0.25) is 0 Å². The van der Waals surface area contributed by atoms with Gasteiger partial charge in [-0.05, 0) is 30.2 Å². The first-order valence-corrected chi connectivity index (χ1v) is 14.9. The molecule has 0 saturated carbocycles. The molecule has 2 heterocycles. The first kappa shape index (κ1) is 33.5. The number of nitrogens with one attached hydrogen (secondary N) is 5. The second-order valence-electron chi connectivity index (χ2n) is 11.6. The first-order chi connectivity index (χ1) is 20.5. The van der Waals surface area contributed by atoms with Crippen molar-refractivity contribution in [2.75, 3.05) is 19.7 Å². The molecular formula is C30H44N6O7. The highest BCUT2D eigenvalue weighted by Gasteiger charge is 2.40. The Bertz CT molecular complexity index is 1180. The standard InChI is InChI=1S/C30H44N6O7/c1-5-18(4)25-30(43)36-13-9-12-22(36)28(41)31-15-23(38)34-24(17(2)3)29(42)32-20(14-19-10-7-6-8-11-19)26(39)33-21(16-37)27(40)35-25/h6-8,10-11,17-18,20-22,24-25,37H,5,9,12-16H2,1-4H3,(H,31,41)(H,32,42)(H,33,39)(H,34,38)(H,35,40)/t18-,20-,21-,22-,24-,25-/m0/s1. The molecule has 43 heavy (non-hydrogen) atoms. The average Bonchev–Trinajstić information content (AvgIpc) is 3.49. The third-order valence-electron chi connectivity index (χ3n) is 8.04. The summed E-state index contributed by atoms with van der Waals surface area (Å²) in [5.74, 6) is -4.39. The summed E-state index contributed by atoms with van der Waals surface area (Å²) in [6.07, 6.45) is 1.54. The highest BCUT2D eigenvalue weighted by atomic mass is 16.3. The Balaban J connectivity index is 1.98. The predicted molar refractivity (Wildman–Crippen MR) is 157 cm³/mol. The fourth-order valence-electron chi connectivity index (χ4n) is 5.25. The number of carbonyl (C=O) groups excluding carboxylic acids is 6. The quantitative estimate of drug-likeness (QED) is 0.241. The lowest BCUT2D eigenvalue weighted by Gasteiger charge is -2.32. The first-order valence-electron chi connectivity index (χ1n) is 14.9. The number of benzene rings is 1. The molecule has 0 bridgehead atoms. The number of hydrogen-bond acceptors (Lipinski definition) is 7. The Morgan fingerprint density at radius 3 is 2.12 bits per heavy atom. The molecule has 6 amide bonds. The van der Waals surface area contributed by atoms with Crippen molar-refractivity contribution >= 4 is 35.4 Å². The summed E-state index contributed by atoms with van der Waals surface area (Å²) in [6.45, 7) is 6.22.